The highest BCUT2D eigenvalue weighted by molar-refractivity contribution is 9.10. The van der Waals surface area contributed by atoms with Crippen molar-refractivity contribution in [2.24, 2.45) is 5.92 Å². The Bertz CT molecular complexity index is 567. The van der Waals surface area contributed by atoms with Crippen LogP contribution < -0.4 is 9.64 Å². The Morgan fingerprint density at radius 1 is 1.20 bits per heavy atom. The molecular weight excluding hydrogens is 342 g/mol. The van der Waals surface area contributed by atoms with Gasteiger partial charge in [-0.15, -0.1) is 0 Å². The second kappa shape index (κ2) is 5.97. The molecule has 1 fully saturated rings. The van der Waals surface area contributed by atoms with E-state index < -0.39 is 0 Å². The maximum atomic E-state index is 5.77. The van der Waals surface area contributed by atoms with Crippen LogP contribution >= 0.6 is 27.5 Å². The zero-order valence-electron chi connectivity index (χ0n) is 10.7. The molecule has 2 aromatic rings. The maximum Gasteiger partial charge on any atom is 0.225 e. The SMILES string of the molecule is Clc1cnc(N2CC(COc3ccc(Br)cc3)C2)nc1. The fourth-order valence-corrected chi connectivity index (χ4v) is 2.41. The van der Waals surface area contributed by atoms with Crippen LogP contribution in [0.4, 0.5) is 5.95 Å². The average molecular weight is 355 g/mol. The first-order valence-corrected chi connectivity index (χ1v) is 7.48. The van der Waals surface area contributed by atoms with Crippen LogP contribution in [0.25, 0.3) is 0 Å². The molecule has 0 atom stereocenters. The summed E-state index contributed by atoms with van der Waals surface area (Å²) in [4.78, 5) is 10.5. The number of aromatic nitrogens is 2. The van der Waals surface area contributed by atoms with Crippen molar-refractivity contribution < 1.29 is 4.74 Å². The highest BCUT2D eigenvalue weighted by Crippen LogP contribution is 2.23. The molecule has 0 N–H and O–H groups in total. The van der Waals surface area contributed by atoms with E-state index in [0.717, 1.165) is 29.3 Å². The van der Waals surface area contributed by atoms with Gasteiger partial charge in [0, 0.05) is 23.5 Å². The Hall–Kier alpha value is -1.33. The van der Waals surface area contributed by atoms with Crippen LogP contribution in [-0.2, 0) is 0 Å². The minimum absolute atomic E-state index is 0.512. The minimum Gasteiger partial charge on any atom is -0.493 e. The number of ether oxygens (including phenoxy) is 1. The number of benzene rings is 1. The number of rotatable bonds is 4. The lowest BCUT2D eigenvalue weighted by molar-refractivity contribution is 0.219. The number of hydrogen-bond acceptors (Lipinski definition) is 4. The van der Waals surface area contributed by atoms with Gasteiger partial charge in [0.05, 0.1) is 24.0 Å². The summed E-state index contributed by atoms with van der Waals surface area (Å²) in [5.41, 5.74) is 0. The Labute approximate surface area is 130 Å². The summed E-state index contributed by atoms with van der Waals surface area (Å²) in [5.74, 6) is 2.14. The number of hydrogen-bond donors (Lipinski definition) is 0. The van der Waals surface area contributed by atoms with Crippen LogP contribution in [0.3, 0.4) is 0 Å². The van der Waals surface area contributed by atoms with E-state index in [1.165, 1.54) is 0 Å². The van der Waals surface area contributed by atoms with Crippen molar-refractivity contribution >= 4 is 33.5 Å². The molecule has 1 saturated heterocycles. The summed E-state index contributed by atoms with van der Waals surface area (Å²) in [7, 11) is 0. The Morgan fingerprint density at radius 2 is 1.85 bits per heavy atom. The first-order chi connectivity index (χ1) is 9.70. The van der Waals surface area contributed by atoms with Crippen molar-refractivity contribution in [2.45, 2.75) is 0 Å². The van der Waals surface area contributed by atoms with E-state index in [2.05, 4.69) is 30.8 Å². The van der Waals surface area contributed by atoms with Gasteiger partial charge < -0.3 is 9.64 Å². The molecule has 0 radical (unpaired) electrons. The largest absolute Gasteiger partial charge is 0.493 e. The van der Waals surface area contributed by atoms with E-state index in [9.17, 15) is 0 Å². The molecule has 1 aromatic heterocycles. The summed E-state index contributed by atoms with van der Waals surface area (Å²) in [6.45, 7) is 2.54. The average Bonchev–Trinajstić information content (AvgIpc) is 2.41. The first kappa shape index (κ1) is 13.6. The van der Waals surface area contributed by atoms with Crippen LogP contribution in [0.15, 0.2) is 41.1 Å². The Kier molecular flexibility index (Phi) is 4.08. The standard InChI is InChI=1S/C14H13BrClN3O/c15-11-1-3-13(4-2-11)20-9-10-7-19(8-10)14-17-5-12(16)6-18-14/h1-6,10H,7-9H2. The second-order valence-electron chi connectivity index (χ2n) is 4.74. The lowest BCUT2D eigenvalue weighted by Gasteiger charge is -2.38. The van der Waals surface area contributed by atoms with E-state index in [-0.39, 0.29) is 0 Å². The lowest BCUT2D eigenvalue weighted by Crippen LogP contribution is -2.50. The summed E-state index contributed by atoms with van der Waals surface area (Å²) in [6.07, 6.45) is 3.24. The van der Waals surface area contributed by atoms with Gasteiger partial charge in [0.1, 0.15) is 5.75 Å². The van der Waals surface area contributed by atoms with Crippen LogP contribution in [0, 0.1) is 5.92 Å². The van der Waals surface area contributed by atoms with Crippen molar-refractivity contribution in [1.82, 2.24) is 9.97 Å². The predicted octanol–water partition coefficient (Wildman–Crippen LogP) is 3.41. The van der Waals surface area contributed by atoms with Gasteiger partial charge in [-0.3, -0.25) is 0 Å². The molecular formula is C14H13BrClN3O. The highest BCUT2D eigenvalue weighted by Gasteiger charge is 2.29. The topological polar surface area (TPSA) is 38.2 Å². The molecule has 0 unspecified atom stereocenters. The van der Waals surface area contributed by atoms with Crippen molar-refractivity contribution in [2.75, 3.05) is 24.6 Å². The summed E-state index contributed by atoms with van der Waals surface area (Å²) < 4.78 is 6.81. The number of anilines is 1. The van der Waals surface area contributed by atoms with Gasteiger partial charge in [-0.05, 0) is 24.3 Å². The normalized spacial score (nSPS) is 15.0. The smallest absolute Gasteiger partial charge is 0.225 e. The third-order valence-corrected chi connectivity index (χ3v) is 3.87. The van der Waals surface area contributed by atoms with Gasteiger partial charge in [-0.2, -0.15) is 0 Å². The second-order valence-corrected chi connectivity index (χ2v) is 6.09. The highest BCUT2D eigenvalue weighted by atomic mass is 79.9. The van der Waals surface area contributed by atoms with Crippen LogP contribution in [0.1, 0.15) is 0 Å². The first-order valence-electron chi connectivity index (χ1n) is 6.31. The van der Waals surface area contributed by atoms with Crippen molar-refractivity contribution in [3.8, 4) is 5.75 Å². The third kappa shape index (κ3) is 3.22. The summed E-state index contributed by atoms with van der Waals surface area (Å²) in [5, 5.41) is 0.560. The molecule has 1 aliphatic rings. The van der Waals surface area contributed by atoms with Crippen LogP contribution in [-0.4, -0.2) is 29.7 Å². The fourth-order valence-electron chi connectivity index (χ4n) is 2.05. The molecule has 0 spiro atoms. The van der Waals surface area contributed by atoms with Gasteiger partial charge in [0.2, 0.25) is 5.95 Å². The van der Waals surface area contributed by atoms with E-state index >= 15 is 0 Å². The lowest BCUT2D eigenvalue weighted by atomic mass is 10.0. The molecule has 2 heterocycles. The predicted molar refractivity (Wildman–Crippen MR) is 82.4 cm³/mol. The molecule has 6 heteroatoms. The zero-order chi connectivity index (χ0) is 13.9. The monoisotopic (exact) mass is 353 g/mol. The molecule has 1 aromatic carbocycles. The third-order valence-electron chi connectivity index (χ3n) is 3.15. The molecule has 0 bridgehead atoms. The molecule has 1 aliphatic heterocycles. The number of nitrogens with zero attached hydrogens (tertiary/aromatic N) is 3. The minimum atomic E-state index is 0.512. The van der Waals surface area contributed by atoms with Gasteiger partial charge in [0.25, 0.3) is 0 Å². The zero-order valence-corrected chi connectivity index (χ0v) is 13.0. The quantitative estimate of drug-likeness (QED) is 0.843. The van der Waals surface area contributed by atoms with Crippen molar-refractivity contribution in [3.05, 3.63) is 46.2 Å². The molecule has 20 heavy (non-hydrogen) atoms. The molecule has 4 nitrogen and oxygen atoms in total. The van der Waals surface area contributed by atoms with Crippen LogP contribution in [0.2, 0.25) is 5.02 Å². The number of halogens is 2. The van der Waals surface area contributed by atoms with E-state index in [4.69, 9.17) is 16.3 Å². The van der Waals surface area contributed by atoms with Crippen LogP contribution in [0.5, 0.6) is 5.75 Å². The van der Waals surface area contributed by atoms with E-state index in [1.54, 1.807) is 12.4 Å². The Balaban J connectivity index is 1.46. The molecule has 0 aliphatic carbocycles. The molecule has 0 saturated carbocycles. The summed E-state index contributed by atoms with van der Waals surface area (Å²) >= 11 is 9.17. The fraction of sp³-hybridized carbons (Fsp3) is 0.286. The van der Waals surface area contributed by atoms with E-state index in [1.807, 2.05) is 24.3 Å². The molecule has 104 valence electrons. The van der Waals surface area contributed by atoms with Gasteiger partial charge in [-0.25, -0.2) is 9.97 Å². The summed E-state index contributed by atoms with van der Waals surface area (Å²) in [6, 6.07) is 7.87. The molecule has 3 rings (SSSR count). The van der Waals surface area contributed by atoms with E-state index in [0.29, 0.717) is 17.5 Å². The van der Waals surface area contributed by atoms with Gasteiger partial charge in [0.15, 0.2) is 0 Å². The van der Waals surface area contributed by atoms with Gasteiger partial charge in [-0.1, -0.05) is 27.5 Å². The van der Waals surface area contributed by atoms with Crippen molar-refractivity contribution in [1.29, 1.82) is 0 Å². The van der Waals surface area contributed by atoms with Crippen molar-refractivity contribution in [3.63, 3.8) is 0 Å². The molecule has 0 amide bonds. The maximum absolute atomic E-state index is 5.77. The van der Waals surface area contributed by atoms with Gasteiger partial charge >= 0.3 is 0 Å². The Morgan fingerprint density at radius 3 is 2.50 bits per heavy atom.